The van der Waals surface area contributed by atoms with Crippen LogP contribution in [0.5, 0.6) is 0 Å². The predicted molar refractivity (Wildman–Crippen MR) is 120 cm³/mol. The zero-order valence-corrected chi connectivity index (χ0v) is 17.9. The zero-order valence-electron chi connectivity index (χ0n) is 17.1. The maximum absolute atomic E-state index is 13.5. The summed E-state index contributed by atoms with van der Waals surface area (Å²) >= 11 is 1.82. The van der Waals surface area contributed by atoms with Crippen molar-refractivity contribution in [2.24, 2.45) is 5.92 Å². The third-order valence-corrected chi connectivity index (χ3v) is 7.39. The van der Waals surface area contributed by atoms with Crippen LogP contribution in [0.1, 0.15) is 24.4 Å². The van der Waals surface area contributed by atoms with Crippen LogP contribution in [0.2, 0.25) is 0 Å². The van der Waals surface area contributed by atoms with Crippen LogP contribution in [0.25, 0.3) is 0 Å². The van der Waals surface area contributed by atoms with Crippen molar-refractivity contribution in [1.29, 1.82) is 0 Å². The Balaban J connectivity index is 1.31. The van der Waals surface area contributed by atoms with E-state index in [2.05, 4.69) is 29.2 Å². The minimum atomic E-state index is 0.0383. The second-order valence-corrected chi connectivity index (χ2v) is 9.41. The molecule has 0 bridgehead atoms. The summed E-state index contributed by atoms with van der Waals surface area (Å²) in [4.78, 5) is 33.2. The molecule has 0 aromatic heterocycles. The maximum atomic E-state index is 13.5. The minimum Gasteiger partial charge on any atom is -0.340 e. The van der Waals surface area contributed by atoms with Gasteiger partial charge in [-0.3, -0.25) is 14.5 Å². The number of para-hydroxylation sites is 1. The molecule has 6 heteroatoms. The van der Waals surface area contributed by atoms with Crippen LogP contribution in [0, 0.1) is 5.92 Å². The highest BCUT2D eigenvalue weighted by atomic mass is 32.2. The molecule has 1 saturated carbocycles. The lowest BCUT2D eigenvalue weighted by Crippen LogP contribution is -2.52. The Morgan fingerprint density at radius 3 is 2.33 bits per heavy atom. The minimum absolute atomic E-state index is 0.0383. The monoisotopic (exact) mass is 421 g/mol. The second kappa shape index (κ2) is 8.44. The molecule has 0 radical (unpaired) electrons. The predicted octanol–water partition coefficient (Wildman–Crippen LogP) is 3.42. The van der Waals surface area contributed by atoms with Crippen LogP contribution < -0.4 is 4.90 Å². The Kier molecular flexibility index (Phi) is 5.52. The molecule has 1 aliphatic carbocycles. The van der Waals surface area contributed by atoms with Gasteiger partial charge in [-0.1, -0.05) is 42.5 Å². The first-order chi connectivity index (χ1) is 14.7. The summed E-state index contributed by atoms with van der Waals surface area (Å²) in [5.74, 6) is 1.58. The van der Waals surface area contributed by atoms with Crippen molar-refractivity contribution in [2.45, 2.75) is 23.8 Å². The highest BCUT2D eigenvalue weighted by Gasteiger charge is 2.36. The number of carbonyl (C=O) groups is 2. The summed E-state index contributed by atoms with van der Waals surface area (Å²) in [6, 6.07) is 18.6. The summed E-state index contributed by atoms with van der Waals surface area (Å²) < 4.78 is 0. The van der Waals surface area contributed by atoms with Crippen molar-refractivity contribution < 1.29 is 9.59 Å². The molecule has 156 valence electrons. The smallest absolute Gasteiger partial charge is 0.241 e. The topological polar surface area (TPSA) is 43.9 Å². The first-order valence-corrected chi connectivity index (χ1v) is 11.8. The first kappa shape index (κ1) is 19.6. The van der Waals surface area contributed by atoms with Crippen LogP contribution in [0.3, 0.4) is 0 Å². The van der Waals surface area contributed by atoms with Gasteiger partial charge in [0.05, 0.1) is 18.3 Å². The molecule has 2 aromatic carbocycles. The average Bonchev–Trinajstić information content (AvgIpc) is 3.64. The molecule has 2 aromatic rings. The number of amides is 2. The molecule has 2 aliphatic heterocycles. The number of carbonyl (C=O) groups excluding carboxylic acids is 2. The molecule has 2 amide bonds. The van der Waals surface area contributed by atoms with E-state index in [-0.39, 0.29) is 17.9 Å². The average molecular weight is 422 g/mol. The van der Waals surface area contributed by atoms with Crippen LogP contribution in [-0.4, -0.2) is 60.1 Å². The molecule has 30 heavy (non-hydrogen) atoms. The number of thioether (sulfide) groups is 1. The molecule has 3 aliphatic rings. The molecule has 1 saturated heterocycles. The van der Waals surface area contributed by atoms with Gasteiger partial charge in [0.15, 0.2) is 0 Å². The first-order valence-electron chi connectivity index (χ1n) is 10.8. The molecule has 2 fully saturated rings. The summed E-state index contributed by atoms with van der Waals surface area (Å²) in [6.45, 7) is 3.40. The van der Waals surface area contributed by atoms with Gasteiger partial charge in [-0.05, 0) is 30.5 Å². The summed E-state index contributed by atoms with van der Waals surface area (Å²) in [6.07, 6.45) is 2.09. The van der Waals surface area contributed by atoms with Crippen LogP contribution in [0.15, 0.2) is 59.5 Å². The second-order valence-electron chi connectivity index (χ2n) is 8.34. The Hall–Kier alpha value is -2.31. The maximum Gasteiger partial charge on any atom is 0.241 e. The largest absolute Gasteiger partial charge is 0.340 e. The van der Waals surface area contributed by atoms with Crippen LogP contribution in [-0.2, 0) is 9.59 Å². The number of fused-ring (bicyclic) bond motifs is 1. The fraction of sp³-hybridized carbons (Fsp3) is 0.417. The van der Waals surface area contributed by atoms with E-state index in [4.69, 9.17) is 0 Å². The van der Waals surface area contributed by atoms with Crippen molar-refractivity contribution in [1.82, 2.24) is 9.80 Å². The summed E-state index contributed by atoms with van der Waals surface area (Å²) in [7, 11) is 0. The Labute approximate surface area is 182 Å². The van der Waals surface area contributed by atoms with Gasteiger partial charge < -0.3 is 9.80 Å². The third kappa shape index (κ3) is 3.98. The fourth-order valence-electron chi connectivity index (χ4n) is 4.40. The van der Waals surface area contributed by atoms with E-state index in [0.29, 0.717) is 12.5 Å². The molecule has 5 nitrogen and oxygen atoms in total. The number of benzene rings is 2. The van der Waals surface area contributed by atoms with Crippen LogP contribution in [0.4, 0.5) is 5.69 Å². The standard InChI is InChI=1S/C24H27N3O2S/c28-23(16-25-12-14-26(15-13-25)24(29)19-10-11-19)27-20-8-4-5-9-22(20)30-17-21(27)18-6-2-1-3-7-18/h1-9,19,21H,10-17H2/t21-/m0/s1. The number of hydrogen-bond acceptors (Lipinski definition) is 4. The van der Waals surface area contributed by atoms with E-state index in [1.165, 1.54) is 5.56 Å². The Morgan fingerprint density at radius 1 is 0.900 bits per heavy atom. The van der Waals surface area contributed by atoms with E-state index in [9.17, 15) is 9.59 Å². The van der Waals surface area contributed by atoms with Crippen molar-refractivity contribution in [3.8, 4) is 0 Å². The van der Waals surface area contributed by atoms with E-state index in [1.54, 1.807) is 0 Å². The number of rotatable bonds is 4. The Bertz CT molecular complexity index is 923. The van der Waals surface area contributed by atoms with Gasteiger partial charge in [0, 0.05) is 42.7 Å². The van der Waals surface area contributed by atoms with E-state index < -0.39 is 0 Å². The molecule has 0 N–H and O–H groups in total. The normalized spacial score (nSPS) is 21.9. The van der Waals surface area contributed by atoms with Gasteiger partial charge in [0.2, 0.25) is 11.8 Å². The quantitative estimate of drug-likeness (QED) is 0.759. The van der Waals surface area contributed by atoms with Crippen molar-refractivity contribution in [2.75, 3.05) is 43.4 Å². The zero-order chi connectivity index (χ0) is 20.5. The highest BCUT2D eigenvalue weighted by Crippen LogP contribution is 2.43. The van der Waals surface area contributed by atoms with Crippen molar-refractivity contribution in [3.63, 3.8) is 0 Å². The molecule has 1 atom stereocenters. The molecular weight excluding hydrogens is 394 g/mol. The van der Waals surface area contributed by atoms with Gasteiger partial charge >= 0.3 is 0 Å². The lowest BCUT2D eigenvalue weighted by Gasteiger charge is -2.40. The SMILES string of the molecule is O=C(C1CC1)N1CCN(CC(=O)N2c3ccccc3SC[C@H]2c2ccccc2)CC1. The molecule has 0 spiro atoms. The van der Waals surface area contributed by atoms with Crippen molar-refractivity contribution >= 4 is 29.3 Å². The van der Waals surface area contributed by atoms with Crippen LogP contribution >= 0.6 is 11.8 Å². The van der Waals surface area contributed by atoms with Crippen molar-refractivity contribution in [3.05, 3.63) is 60.2 Å². The van der Waals surface area contributed by atoms with Gasteiger partial charge in [0.25, 0.3) is 0 Å². The highest BCUT2D eigenvalue weighted by molar-refractivity contribution is 7.99. The van der Waals surface area contributed by atoms with Gasteiger partial charge in [-0.25, -0.2) is 0 Å². The lowest BCUT2D eigenvalue weighted by atomic mass is 10.1. The summed E-state index contributed by atoms with van der Waals surface area (Å²) in [5, 5.41) is 0. The number of hydrogen-bond donors (Lipinski definition) is 0. The van der Waals surface area contributed by atoms with E-state index in [1.807, 2.05) is 51.9 Å². The lowest BCUT2D eigenvalue weighted by molar-refractivity contribution is -0.134. The van der Waals surface area contributed by atoms with Gasteiger partial charge in [-0.15, -0.1) is 11.8 Å². The number of piperazine rings is 1. The van der Waals surface area contributed by atoms with E-state index in [0.717, 1.165) is 55.4 Å². The van der Waals surface area contributed by atoms with E-state index >= 15 is 0 Å². The van der Waals surface area contributed by atoms with Gasteiger partial charge in [0.1, 0.15) is 0 Å². The number of anilines is 1. The molecular formula is C24H27N3O2S. The van der Waals surface area contributed by atoms with Gasteiger partial charge in [-0.2, -0.15) is 0 Å². The fourth-order valence-corrected chi connectivity index (χ4v) is 5.57. The molecule has 5 rings (SSSR count). The molecule has 0 unspecified atom stereocenters. The third-order valence-electron chi connectivity index (χ3n) is 6.26. The summed E-state index contributed by atoms with van der Waals surface area (Å²) in [5.41, 5.74) is 2.18. The number of nitrogens with zero attached hydrogens (tertiary/aromatic N) is 3. The molecule has 2 heterocycles. The Morgan fingerprint density at radius 2 is 1.60 bits per heavy atom.